The molecule has 2 heterocycles. The molecule has 3 nitrogen and oxygen atoms in total. The Hall–Kier alpha value is -0.410. The van der Waals surface area contributed by atoms with Gasteiger partial charge in [0.1, 0.15) is 0 Å². The summed E-state index contributed by atoms with van der Waals surface area (Å²) in [6.45, 7) is 6.86. The average Bonchev–Trinajstić information content (AvgIpc) is 2.62. The minimum atomic E-state index is -0.935. The van der Waals surface area contributed by atoms with Crippen molar-refractivity contribution in [2.45, 2.75) is 17.6 Å². The van der Waals surface area contributed by atoms with E-state index in [-0.39, 0.29) is 5.76 Å². The quantitative estimate of drug-likeness (QED) is 0.387. The maximum absolute atomic E-state index is 9.26. The second-order valence-electron chi connectivity index (χ2n) is 2.64. The van der Waals surface area contributed by atoms with E-state index in [1.165, 1.54) is 0 Å². The summed E-state index contributed by atoms with van der Waals surface area (Å²) < 4.78 is 5.08. The predicted octanol–water partition coefficient (Wildman–Crippen LogP) is -1.76. The fourth-order valence-corrected chi connectivity index (χ4v) is 1.12. The SMILES string of the molecule is C=C1OC2(B=B2)C(O)[C@@H]1O. The molecule has 2 aliphatic heterocycles. The van der Waals surface area contributed by atoms with Crippen molar-refractivity contribution in [2.24, 2.45) is 0 Å². The van der Waals surface area contributed by atoms with Crippen LogP contribution in [0.2, 0.25) is 0 Å². The minimum absolute atomic E-state index is 0.248. The van der Waals surface area contributed by atoms with Crippen molar-refractivity contribution < 1.29 is 14.9 Å². The van der Waals surface area contributed by atoms with Gasteiger partial charge in [0.15, 0.2) is 0 Å². The van der Waals surface area contributed by atoms with E-state index in [1.54, 1.807) is 13.6 Å². The summed E-state index contributed by atoms with van der Waals surface area (Å²) in [7, 11) is 0. The van der Waals surface area contributed by atoms with E-state index in [0.717, 1.165) is 0 Å². The van der Waals surface area contributed by atoms with Crippen LogP contribution in [0.3, 0.4) is 0 Å². The third-order valence-electron chi connectivity index (χ3n) is 1.89. The first-order valence-corrected chi connectivity index (χ1v) is 3.10. The van der Waals surface area contributed by atoms with Gasteiger partial charge >= 0.3 is 58.5 Å². The van der Waals surface area contributed by atoms with Gasteiger partial charge in [-0.2, -0.15) is 0 Å². The molecule has 1 spiro atoms. The molecule has 0 aromatic heterocycles. The molecule has 0 saturated carbocycles. The van der Waals surface area contributed by atoms with E-state index in [4.69, 9.17) is 9.84 Å². The molecule has 1 unspecified atom stereocenters. The van der Waals surface area contributed by atoms with Crippen molar-refractivity contribution in [2.75, 3.05) is 0 Å². The van der Waals surface area contributed by atoms with Crippen LogP contribution in [0.25, 0.3) is 0 Å². The van der Waals surface area contributed by atoms with E-state index in [9.17, 15) is 5.11 Å². The number of aliphatic hydroxyl groups excluding tert-OH is 2. The molecule has 0 amide bonds. The summed E-state index contributed by atoms with van der Waals surface area (Å²) >= 11 is 0. The van der Waals surface area contributed by atoms with Crippen LogP contribution in [0.5, 0.6) is 0 Å². The molecule has 1 fully saturated rings. The van der Waals surface area contributed by atoms with E-state index in [1.807, 2.05) is 0 Å². The molecule has 2 N–H and O–H groups in total. The van der Waals surface area contributed by atoms with Gasteiger partial charge in [-0.25, -0.2) is 0 Å². The summed E-state index contributed by atoms with van der Waals surface area (Å²) in [5.41, 5.74) is 0. The molecule has 0 aromatic rings. The molecule has 0 radical (unpaired) electrons. The van der Waals surface area contributed by atoms with E-state index >= 15 is 0 Å². The summed E-state index contributed by atoms with van der Waals surface area (Å²) in [5.74, 6) is 0.248. The molecule has 5 heteroatoms. The fraction of sp³-hybridized carbons (Fsp3) is 0.600. The Morgan fingerprint density at radius 3 is 2.30 bits per heavy atom. The maximum atomic E-state index is 9.26. The molecule has 2 atom stereocenters. The van der Waals surface area contributed by atoms with Gasteiger partial charge in [-0.05, 0) is 0 Å². The molecule has 0 aliphatic carbocycles. The van der Waals surface area contributed by atoms with Gasteiger partial charge < -0.3 is 0 Å². The third kappa shape index (κ3) is 0.592. The number of rotatable bonds is 0. The molecular formula is C5H6B2O3. The zero-order valence-corrected chi connectivity index (χ0v) is 5.32. The van der Waals surface area contributed by atoms with Crippen molar-refractivity contribution in [1.29, 1.82) is 0 Å². The van der Waals surface area contributed by atoms with Crippen molar-refractivity contribution in [3.05, 3.63) is 12.3 Å². The predicted molar refractivity (Wildman–Crippen MR) is 36.5 cm³/mol. The summed E-state index contributed by atoms with van der Waals surface area (Å²) in [4.78, 5) is 0. The molecule has 0 bridgehead atoms. The normalized spacial score (nSPS) is 38.8. The molecule has 10 heavy (non-hydrogen) atoms. The Bertz CT molecular complexity index is 219. The first-order chi connectivity index (χ1) is 4.66. The summed E-state index contributed by atoms with van der Waals surface area (Å²) in [6, 6.07) is 0. The van der Waals surface area contributed by atoms with Gasteiger partial charge in [-0.3, -0.25) is 0 Å². The number of ether oxygens (including phenoxy) is 1. The van der Waals surface area contributed by atoms with E-state index in [0.29, 0.717) is 0 Å². The second kappa shape index (κ2) is 1.60. The third-order valence-corrected chi connectivity index (χ3v) is 1.89. The van der Waals surface area contributed by atoms with Gasteiger partial charge in [-0.1, -0.05) is 0 Å². The first-order valence-electron chi connectivity index (χ1n) is 3.10. The second-order valence-corrected chi connectivity index (χ2v) is 2.64. The van der Waals surface area contributed by atoms with Crippen molar-refractivity contribution in [3.63, 3.8) is 0 Å². The van der Waals surface area contributed by atoms with Crippen LogP contribution in [0.4, 0.5) is 0 Å². The molecular weight excluding hydrogens is 130 g/mol. The monoisotopic (exact) mass is 136 g/mol. The summed E-state index contributed by atoms with van der Waals surface area (Å²) in [6.07, 6.45) is -1.80. The van der Waals surface area contributed by atoms with Gasteiger partial charge in [0.05, 0.1) is 0 Å². The van der Waals surface area contributed by atoms with Crippen LogP contribution < -0.4 is 0 Å². The van der Waals surface area contributed by atoms with Crippen LogP contribution in [-0.4, -0.2) is 41.4 Å². The van der Waals surface area contributed by atoms with Crippen LogP contribution in [0, 0.1) is 0 Å². The fourth-order valence-electron chi connectivity index (χ4n) is 1.12. The molecule has 2 rings (SSSR count). The average molecular weight is 136 g/mol. The molecule has 1 saturated heterocycles. The Morgan fingerprint density at radius 2 is 2.10 bits per heavy atom. The number of hydrogen-bond acceptors (Lipinski definition) is 3. The zero-order valence-electron chi connectivity index (χ0n) is 5.32. The number of hydrogen-bond donors (Lipinski definition) is 2. The molecule has 2 aliphatic rings. The van der Waals surface area contributed by atoms with Crippen LogP contribution in [-0.2, 0) is 4.74 Å². The standard InChI is InChI=1S/C5H6B2O3/c1-2-3(8)4(9)5(10-2)6-7-5/h3-4,8-9H,1H2/t3-,4?/m1/s1. The van der Waals surface area contributed by atoms with Crippen LogP contribution >= 0.6 is 0 Å². The first kappa shape index (κ1) is 6.31. The summed E-state index contributed by atoms with van der Waals surface area (Å²) in [5, 5.41) is 17.7. The topological polar surface area (TPSA) is 49.7 Å². The van der Waals surface area contributed by atoms with Crippen molar-refractivity contribution in [3.8, 4) is 0 Å². The zero-order chi connectivity index (χ0) is 7.35. The van der Waals surface area contributed by atoms with Gasteiger partial charge in [0.25, 0.3) is 0 Å². The van der Waals surface area contributed by atoms with E-state index < -0.39 is 17.6 Å². The van der Waals surface area contributed by atoms with Gasteiger partial charge in [0, 0.05) is 0 Å². The Labute approximate surface area is 59.4 Å². The van der Waals surface area contributed by atoms with Crippen molar-refractivity contribution in [1.82, 2.24) is 0 Å². The van der Waals surface area contributed by atoms with Crippen LogP contribution in [0.1, 0.15) is 0 Å². The molecule has 0 aromatic carbocycles. The van der Waals surface area contributed by atoms with Crippen LogP contribution in [0.15, 0.2) is 12.3 Å². The van der Waals surface area contributed by atoms with Gasteiger partial charge in [-0.15, -0.1) is 0 Å². The Balaban J connectivity index is 2.24. The molecule has 50 valence electrons. The number of aliphatic hydroxyl groups is 2. The van der Waals surface area contributed by atoms with Crippen molar-refractivity contribution >= 4 is 13.6 Å². The van der Waals surface area contributed by atoms with Gasteiger partial charge in [0.2, 0.25) is 0 Å². The van der Waals surface area contributed by atoms with E-state index in [2.05, 4.69) is 6.58 Å². The Morgan fingerprint density at radius 1 is 1.50 bits per heavy atom. The Kier molecular flexibility index (Phi) is 1.01.